The molecule has 2 aliphatic heterocycles. The number of amides is 1. The maximum absolute atomic E-state index is 12.8. The number of hydrogen-bond donors (Lipinski definition) is 3. The number of nitrogens with two attached hydrogens (primary N) is 1. The molecule has 2 fully saturated rings. The number of aldehydes is 1. The van der Waals surface area contributed by atoms with E-state index < -0.39 is 0 Å². The predicted molar refractivity (Wildman–Crippen MR) is 179 cm³/mol. The second kappa shape index (κ2) is 13.2. The number of pyridine rings is 2. The third kappa shape index (κ3) is 6.38. The summed E-state index contributed by atoms with van der Waals surface area (Å²) in [5.41, 5.74) is 11.2. The highest BCUT2D eigenvalue weighted by Gasteiger charge is 2.23. The fraction of sp³-hybridized carbons (Fsp3) is 0.286. The first kappa shape index (κ1) is 30.3. The van der Waals surface area contributed by atoms with E-state index in [1.807, 2.05) is 24.3 Å². The van der Waals surface area contributed by atoms with Gasteiger partial charge in [0.1, 0.15) is 22.9 Å². The molecule has 7 rings (SSSR count). The van der Waals surface area contributed by atoms with E-state index in [1.165, 1.54) is 23.8 Å². The average Bonchev–Trinajstić information content (AvgIpc) is 3.49. The number of aromatic nitrogens is 4. The molecule has 0 atom stereocenters. The number of carbonyl (C=O) groups is 2. The molecule has 4 N–H and O–H groups in total. The topological polar surface area (TPSA) is 152 Å². The van der Waals surface area contributed by atoms with Crippen LogP contribution in [0.1, 0.15) is 39.1 Å². The van der Waals surface area contributed by atoms with Gasteiger partial charge < -0.3 is 25.8 Å². The van der Waals surface area contributed by atoms with Crippen molar-refractivity contribution < 1.29 is 19.4 Å². The number of aromatic hydroxyl groups is 1. The van der Waals surface area contributed by atoms with Gasteiger partial charge in [-0.05, 0) is 73.0 Å². The number of phenolic OH excluding ortho intramolecular Hbond substituents is 1. The van der Waals surface area contributed by atoms with Gasteiger partial charge >= 0.3 is 0 Å². The summed E-state index contributed by atoms with van der Waals surface area (Å²) in [5, 5.41) is 12.8. The van der Waals surface area contributed by atoms with Gasteiger partial charge in [0.2, 0.25) is 0 Å². The minimum Gasteiger partial charge on any atom is -0.507 e. The second-order valence-corrected chi connectivity index (χ2v) is 11.9. The number of nitrogen functional groups attached to an aromatic ring is 1. The Hall–Kier alpha value is -5.33. The molecule has 1 amide bonds. The van der Waals surface area contributed by atoms with Crippen molar-refractivity contribution >= 4 is 35.0 Å². The molecule has 2 aliphatic rings. The van der Waals surface area contributed by atoms with Crippen molar-refractivity contribution in [2.45, 2.75) is 25.4 Å². The Morgan fingerprint density at radius 1 is 1.00 bits per heavy atom. The van der Waals surface area contributed by atoms with Gasteiger partial charge in [-0.3, -0.25) is 19.1 Å². The van der Waals surface area contributed by atoms with E-state index in [4.69, 9.17) is 20.4 Å². The standard InChI is InChI=1S/C35H36N8O4/c36-32-28(2-1-13-37-32)33-39-29-8-10-31(42-16-18-47-19-17-42)40-34(29)43(33)27-6-3-23(4-7-27)21-41-14-11-26(12-15-41)38-35(46)24-5-9-30(45)25(20-24)22-44/h1-10,13,20,22,26,45H,11-12,14-19,21H2,(H2,36,37)(H,38,46). The first-order valence-corrected chi connectivity index (χ1v) is 15.8. The number of fused-ring (bicyclic) bond motifs is 1. The van der Waals surface area contributed by atoms with Crippen molar-refractivity contribution in [2.75, 3.05) is 50.0 Å². The number of imidazole rings is 1. The van der Waals surface area contributed by atoms with Crippen LogP contribution < -0.4 is 16.0 Å². The molecule has 12 nitrogen and oxygen atoms in total. The molecule has 0 aliphatic carbocycles. The number of piperidine rings is 1. The lowest BCUT2D eigenvalue weighted by molar-refractivity contribution is 0.0909. The number of anilines is 2. The molecule has 47 heavy (non-hydrogen) atoms. The number of morpholine rings is 1. The molecule has 0 saturated carbocycles. The number of hydrogen-bond acceptors (Lipinski definition) is 10. The van der Waals surface area contributed by atoms with Crippen LogP contribution in [0.4, 0.5) is 11.6 Å². The quantitative estimate of drug-likeness (QED) is 0.215. The number of carbonyl (C=O) groups excluding carboxylic acids is 2. The summed E-state index contributed by atoms with van der Waals surface area (Å²) in [6, 6.07) is 20.6. The van der Waals surface area contributed by atoms with Gasteiger partial charge in [-0.1, -0.05) is 12.1 Å². The highest BCUT2D eigenvalue weighted by atomic mass is 16.5. The largest absolute Gasteiger partial charge is 0.507 e. The zero-order chi connectivity index (χ0) is 32.3. The lowest BCUT2D eigenvalue weighted by atomic mass is 10.0. The van der Waals surface area contributed by atoms with Crippen molar-refractivity contribution in [3.8, 4) is 22.8 Å². The Morgan fingerprint density at radius 3 is 2.53 bits per heavy atom. The number of nitrogens with one attached hydrogen (secondary N) is 1. The minimum atomic E-state index is -0.242. The lowest BCUT2D eigenvalue weighted by Crippen LogP contribution is -2.44. The van der Waals surface area contributed by atoms with E-state index in [2.05, 4.69) is 48.9 Å². The van der Waals surface area contributed by atoms with Crippen molar-refractivity contribution in [3.05, 3.63) is 89.6 Å². The molecule has 5 heterocycles. The third-order valence-corrected chi connectivity index (χ3v) is 8.84. The summed E-state index contributed by atoms with van der Waals surface area (Å²) in [5.74, 6) is 1.60. The first-order chi connectivity index (χ1) is 23.0. The molecular formula is C35H36N8O4. The summed E-state index contributed by atoms with van der Waals surface area (Å²) >= 11 is 0. The van der Waals surface area contributed by atoms with Gasteiger partial charge in [0, 0.05) is 56.2 Å². The summed E-state index contributed by atoms with van der Waals surface area (Å²) in [6.07, 6.45) is 3.85. The van der Waals surface area contributed by atoms with Crippen LogP contribution in [-0.2, 0) is 11.3 Å². The Morgan fingerprint density at radius 2 is 1.79 bits per heavy atom. The van der Waals surface area contributed by atoms with Crippen LogP contribution >= 0.6 is 0 Å². The molecule has 0 bridgehead atoms. The SMILES string of the molecule is Nc1ncccc1-c1nc2ccc(N3CCOCC3)nc2n1-c1ccc(CN2CCC(NC(=O)c3ccc(O)c(C=O)c3)CC2)cc1. The molecule has 0 unspecified atom stereocenters. The van der Waals surface area contributed by atoms with Crippen LogP contribution in [0.25, 0.3) is 28.2 Å². The normalized spacial score (nSPS) is 16.0. The maximum atomic E-state index is 12.8. The number of nitrogens with zero attached hydrogens (tertiary/aromatic N) is 6. The summed E-state index contributed by atoms with van der Waals surface area (Å²) in [4.78, 5) is 42.8. The van der Waals surface area contributed by atoms with Crippen molar-refractivity contribution in [1.29, 1.82) is 0 Å². The molecule has 12 heteroatoms. The first-order valence-electron chi connectivity index (χ1n) is 15.8. The van der Waals surface area contributed by atoms with Crippen molar-refractivity contribution in [3.63, 3.8) is 0 Å². The molecule has 240 valence electrons. The minimum absolute atomic E-state index is 0.0392. The Balaban J connectivity index is 1.07. The van der Waals surface area contributed by atoms with E-state index in [1.54, 1.807) is 6.20 Å². The number of benzene rings is 2. The van der Waals surface area contributed by atoms with E-state index in [0.717, 1.165) is 73.8 Å². The van der Waals surface area contributed by atoms with Crippen molar-refractivity contribution in [2.24, 2.45) is 0 Å². The van der Waals surface area contributed by atoms with Gasteiger partial charge in [-0.25, -0.2) is 15.0 Å². The van der Waals surface area contributed by atoms with Gasteiger partial charge in [0.15, 0.2) is 17.8 Å². The summed E-state index contributed by atoms with van der Waals surface area (Å²) < 4.78 is 7.60. The zero-order valence-corrected chi connectivity index (χ0v) is 25.9. The van der Waals surface area contributed by atoms with Gasteiger partial charge in [-0.15, -0.1) is 0 Å². The molecule has 0 spiro atoms. The van der Waals surface area contributed by atoms with E-state index in [-0.39, 0.29) is 23.3 Å². The van der Waals surface area contributed by atoms with Crippen LogP contribution in [0.15, 0.2) is 72.9 Å². The molecule has 0 radical (unpaired) electrons. The maximum Gasteiger partial charge on any atom is 0.251 e. The van der Waals surface area contributed by atoms with E-state index >= 15 is 0 Å². The lowest BCUT2D eigenvalue weighted by Gasteiger charge is -2.32. The second-order valence-electron chi connectivity index (χ2n) is 11.9. The van der Waals surface area contributed by atoms with Crippen LogP contribution in [0.5, 0.6) is 5.75 Å². The molecule has 3 aromatic heterocycles. The van der Waals surface area contributed by atoms with Gasteiger partial charge in [-0.2, -0.15) is 0 Å². The average molecular weight is 633 g/mol. The molecule has 5 aromatic rings. The fourth-order valence-electron chi connectivity index (χ4n) is 6.25. The number of likely N-dealkylation sites (tertiary alicyclic amines) is 1. The van der Waals surface area contributed by atoms with E-state index in [0.29, 0.717) is 36.7 Å². The smallest absolute Gasteiger partial charge is 0.251 e. The number of rotatable bonds is 8. The molecule has 2 aromatic carbocycles. The van der Waals surface area contributed by atoms with E-state index in [9.17, 15) is 14.7 Å². The van der Waals surface area contributed by atoms with Crippen LogP contribution in [0, 0.1) is 0 Å². The van der Waals surface area contributed by atoms with Crippen LogP contribution in [0.2, 0.25) is 0 Å². The molecular weight excluding hydrogens is 596 g/mol. The van der Waals surface area contributed by atoms with Gasteiger partial charge in [0.05, 0.1) is 24.3 Å². The summed E-state index contributed by atoms with van der Waals surface area (Å²) in [7, 11) is 0. The third-order valence-electron chi connectivity index (χ3n) is 8.84. The number of ether oxygens (including phenoxy) is 1. The van der Waals surface area contributed by atoms with Crippen molar-refractivity contribution in [1.82, 2.24) is 29.7 Å². The highest BCUT2D eigenvalue weighted by Crippen LogP contribution is 2.32. The number of phenols is 1. The Kier molecular flexibility index (Phi) is 8.51. The zero-order valence-electron chi connectivity index (χ0n) is 25.9. The monoisotopic (exact) mass is 632 g/mol. The van der Waals surface area contributed by atoms with Crippen LogP contribution in [-0.4, -0.2) is 87.2 Å². The van der Waals surface area contributed by atoms with Crippen LogP contribution in [0.3, 0.4) is 0 Å². The molecule has 2 saturated heterocycles. The predicted octanol–water partition coefficient (Wildman–Crippen LogP) is 3.81. The highest BCUT2D eigenvalue weighted by molar-refractivity contribution is 5.96. The Labute approximate surface area is 271 Å². The summed E-state index contributed by atoms with van der Waals surface area (Å²) in [6.45, 7) is 5.39. The van der Waals surface area contributed by atoms with Gasteiger partial charge in [0.25, 0.3) is 5.91 Å². The Bertz CT molecular complexity index is 1910. The fourth-order valence-corrected chi connectivity index (χ4v) is 6.25.